The highest BCUT2D eigenvalue weighted by Gasteiger charge is 2.27. The lowest BCUT2D eigenvalue weighted by atomic mass is 10.0. The molecule has 3 aliphatic rings. The summed E-state index contributed by atoms with van der Waals surface area (Å²) in [6.07, 6.45) is 8.26. The van der Waals surface area contributed by atoms with E-state index in [1.807, 2.05) is 0 Å². The van der Waals surface area contributed by atoms with Gasteiger partial charge in [0.15, 0.2) is 0 Å². The van der Waals surface area contributed by atoms with Crippen LogP contribution in [0.4, 0.5) is 11.4 Å². The van der Waals surface area contributed by atoms with Gasteiger partial charge in [-0.1, -0.05) is 25.0 Å². The Kier molecular flexibility index (Phi) is 3.76. The Morgan fingerprint density at radius 1 is 0.952 bits per heavy atom. The molecule has 0 atom stereocenters. The molecule has 0 bridgehead atoms. The van der Waals surface area contributed by atoms with Crippen LogP contribution in [0, 0.1) is 0 Å². The minimum absolute atomic E-state index is 0.884. The molecule has 21 heavy (non-hydrogen) atoms. The number of piperazine rings is 1. The van der Waals surface area contributed by atoms with Gasteiger partial charge in [0.05, 0.1) is 11.4 Å². The van der Waals surface area contributed by atoms with Gasteiger partial charge in [-0.2, -0.15) is 0 Å². The summed E-state index contributed by atoms with van der Waals surface area (Å²) >= 11 is 0. The highest BCUT2D eigenvalue weighted by Crippen LogP contribution is 2.34. The molecule has 0 unspecified atom stereocenters. The van der Waals surface area contributed by atoms with E-state index in [2.05, 4.69) is 33.3 Å². The Hall–Kier alpha value is -1.22. The Morgan fingerprint density at radius 3 is 2.57 bits per heavy atom. The van der Waals surface area contributed by atoms with Crippen molar-refractivity contribution >= 4 is 11.4 Å². The summed E-state index contributed by atoms with van der Waals surface area (Å²) in [5, 5.41) is 3.64. The van der Waals surface area contributed by atoms with Gasteiger partial charge in [0.25, 0.3) is 0 Å². The van der Waals surface area contributed by atoms with Crippen LogP contribution in [0.5, 0.6) is 0 Å². The van der Waals surface area contributed by atoms with E-state index in [4.69, 9.17) is 0 Å². The molecule has 2 fully saturated rings. The molecule has 1 aromatic rings. The molecule has 1 saturated heterocycles. The topological polar surface area (TPSA) is 18.5 Å². The fourth-order valence-corrected chi connectivity index (χ4v) is 4.35. The summed E-state index contributed by atoms with van der Waals surface area (Å²) in [7, 11) is 0. The molecular formula is C18H27N3. The Bertz CT molecular complexity index is 485. The minimum atomic E-state index is 0.884. The lowest BCUT2D eigenvalue weighted by Gasteiger charge is -2.40. The highest BCUT2D eigenvalue weighted by atomic mass is 15.3. The van der Waals surface area contributed by atoms with Crippen LogP contribution in [0.15, 0.2) is 18.2 Å². The van der Waals surface area contributed by atoms with Gasteiger partial charge >= 0.3 is 0 Å². The van der Waals surface area contributed by atoms with Crippen molar-refractivity contribution in [3.8, 4) is 0 Å². The molecule has 1 aliphatic carbocycles. The van der Waals surface area contributed by atoms with E-state index in [0.717, 1.165) is 12.6 Å². The van der Waals surface area contributed by atoms with Crippen molar-refractivity contribution in [3.63, 3.8) is 0 Å². The molecule has 2 heterocycles. The summed E-state index contributed by atoms with van der Waals surface area (Å²) in [5.74, 6) is 0. The summed E-state index contributed by atoms with van der Waals surface area (Å²) in [4.78, 5) is 5.34. The molecule has 1 aromatic carbocycles. The first-order valence-corrected chi connectivity index (χ1v) is 8.76. The molecule has 2 aliphatic heterocycles. The van der Waals surface area contributed by atoms with E-state index < -0.39 is 0 Å². The van der Waals surface area contributed by atoms with Crippen LogP contribution < -0.4 is 10.2 Å². The van der Waals surface area contributed by atoms with Crippen LogP contribution in [0.1, 0.15) is 37.7 Å². The number of hydrogen-bond donors (Lipinski definition) is 1. The van der Waals surface area contributed by atoms with Gasteiger partial charge < -0.3 is 10.2 Å². The second-order valence-electron chi connectivity index (χ2n) is 6.80. The lowest BCUT2D eigenvalue weighted by Crippen LogP contribution is -2.50. The van der Waals surface area contributed by atoms with E-state index in [0.29, 0.717) is 0 Å². The molecule has 0 aromatic heterocycles. The number of anilines is 2. The zero-order chi connectivity index (χ0) is 14.1. The summed E-state index contributed by atoms with van der Waals surface area (Å²) < 4.78 is 0. The van der Waals surface area contributed by atoms with E-state index in [-0.39, 0.29) is 0 Å². The van der Waals surface area contributed by atoms with Crippen molar-refractivity contribution in [2.75, 3.05) is 42.9 Å². The van der Waals surface area contributed by atoms with Gasteiger partial charge in [-0.05, 0) is 37.3 Å². The second-order valence-corrected chi connectivity index (χ2v) is 6.80. The molecule has 0 spiro atoms. The smallest absolute Gasteiger partial charge is 0.0610 e. The van der Waals surface area contributed by atoms with E-state index in [9.17, 15) is 0 Å². The largest absolute Gasteiger partial charge is 0.383 e. The molecule has 1 N–H and O–H groups in total. The Labute approximate surface area is 128 Å². The van der Waals surface area contributed by atoms with Crippen molar-refractivity contribution < 1.29 is 0 Å². The predicted molar refractivity (Wildman–Crippen MR) is 89.3 cm³/mol. The average molecular weight is 285 g/mol. The van der Waals surface area contributed by atoms with Gasteiger partial charge in [0, 0.05) is 38.8 Å². The fourth-order valence-electron chi connectivity index (χ4n) is 4.35. The average Bonchev–Trinajstić information content (AvgIpc) is 3.09. The number of benzene rings is 1. The van der Waals surface area contributed by atoms with Crippen molar-refractivity contribution in [2.45, 2.75) is 44.6 Å². The van der Waals surface area contributed by atoms with Crippen molar-refractivity contribution in [3.05, 3.63) is 23.8 Å². The number of aryl methyl sites for hydroxylation is 1. The maximum Gasteiger partial charge on any atom is 0.0610 e. The maximum atomic E-state index is 3.64. The van der Waals surface area contributed by atoms with Gasteiger partial charge in [-0.3, -0.25) is 4.90 Å². The Morgan fingerprint density at radius 2 is 1.76 bits per heavy atom. The SMILES string of the molecule is c1cc2c(c(N3CCN(C4CCCC4)CC3)c1)NCCC2. The normalized spacial score (nSPS) is 23.9. The molecule has 3 heteroatoms. The number of fused-ring (bicyclic) bond motifs is 1. The predicted octanol–water partition coefficient (Wildman–Crippen LogP) is 3.11. The first-order chi connectivity index (χ1) is 10.4. The summed E-state index contributed by atoms with van der Waals surface area (Å²) in [6, 6.07) is 7.72. The summed E-state index contributed by atoms with van der Waals surface area (Å²) in [6.45, 7) is 6.00. The van der Waals surface area contributed by atoms with Gasteiger partial charge in [0.2, 0.25) is 0 Å². The van der Waals surface area contributed by atoms with Crippen molar-refractivity contribution in [1.29, 1.82) is 0 Å². The van der Waals surface area contributed by atoms with Crippen LogP contribution >= 0.6 is 0 Å². The highest BCUT2D eigenvalue weighted by molar-refractivity contribution is 5.74. The van der Waals surface area contributed by atoms with Gasteiger partial charge in [-0.25, -0.2) is 0 Å². The Balaban J connectivity index is 1.46. The van der Waals surface area contributed by atoms with E-state index >= 15 is 0 Å². The first kappa shape index (κ1) is 13.4. The van der Waals surface area contributed by atoms with Crippen LogP contribution in [-0.2, 0) is 6.42 Å². The second kappa shape index (κ2) is 5.88. The molecule has 4 rings (SSSR count). The molecule has 3 nitrogen and oxygen atoms in total. The third-order valence-electron chi connectivity index (χ3n) is 5.55. The molecule has 1 saturated carbocycles. The standard InChI is InChI=1S/C18H27N3/c1-2-8-16(7-1)20-11-13-21(14-12-20)17-9-3-5-15-6-4-10-19-18(15)17/h3,5,9,16,19H,1-2,4,6-8,10-14H2. The number of para-hydroxylation sites is 1. The van der Waals surface area contributed by atoms with E-state index in [1.165, 1.54) is 81.6 Å². The quantitative estimate of drug-likeness (QED) is 0.901. The van der Waals surface area contributed by atoms with Gasteiger partial charge in [-0.15, -0.1) is 0 Å². The number of nitrogens with one attached hydrogen (secondary N) is 1. The third kappa shape index (κ3) is 2.64. The van der Waals surface area contributed by atoms with Crippen molar-refractivity contribution in [2.24, 2.45) is 0 Å². The third-order valence-corrected chi connectivity index (χ3v) is 5.55. The number of rotatable bonds is 2. The molecule has 114 valence electrons. The van der Waals surface area contributed by atoms with E-state index in [1.54, 1.807) is 0 Å². The first-order valence-electron chi connectivity index (χ1n) is 8.76. The van der Waals surface area contributed by atoms with Crippen LogP contribution in [0.25, 0.3) is 0 Å². The van der Waals surface area contributed by atoms with Crippen molar-refractivity contribution in [1.82, 2.24) is 4.90 Å². The summed E-state index contributed by atoms with van der Waals surface area (Å²) in [5.41, 5.74) is 4.37. The zero-order valence-corrected chi connectivity index (χ0v) is 13.0. The molecule has 0 amide bonds. The molecule has 0 radical (unpaired) electrons. The van der Waals surface area contributed by atoms with Gasteiger partial charge in [0.1, 0.15) is 0 Å². The number of hydrogen-bond acceptors (Lipinski definition) is 3. The monoisotopic (exact) mass is 285 g/mol. The molecular weight excluding hydrogens is 258 g/mol. The number of nitrogens with zero attached hydrogens (tertiary/aromatic N) is 2. The van der Waals surface area contributed by atoms with Crippen LogP contribution in [0.2, 0.25) is 0 Å². The van der Waals surface area contributed by atoms with Crippen LogP contribution in [-0.4, -0.2) is 43.7 Å². The fraction of sp³-hybridized carbons (Fsp3) is 0.667. The minimum Gasteiger partial charge on any atom is -0.383 e. The van der Waals surface area contributed by atoms with Crippen LogP contribution in [0.3, 0.4) is 0 Å². The lowest BCUT2D eigenvalue weighted by molar-refractivity contribution is 0.187. The zero-order valence-electron chi connectivity index (χ0n) is 13.0. The maximum absolute atomic E-state index is 3.64.